The zero-order valence-corrected chi connectivity index (χ0v) is 40.4. The molecule has 352 valence electrons. The predicted octanol–water partition coefficient (Wildman–Crippen LogP) is 16.1. The molecule has 0 saturated carbocycles. The molecule has 14 rings (SSSR count). The fourth-order valence-electron chi connectivity index (χ4n) is 10.4. The maximum absolute atomic E-state index is 5.30. The Hall–Kier alpha value is -10.4. The van der Waals surface area contributed by atoms with Gasteiger partial charge in [-0.15, -0.1) is 0 Å². The lowest BCUT2D eigenvalue weighted by molar-refractivity contribution is 0.954. The molecule has 0 saturated heterocycles. The molecule has 0 aliphatic rings. The Morgan fingerprint density at radius 1 is 0.293 bits per heavy atom. The third-order valence-electron chi connectivity index (χ3n) is 13.9. The first-order chi connectivity index (χ1) is 37.2. The molecule has 0 aliphatic carbocycles. The average molecular weight is 962 g/mol. The van der Waals surface area contributed by atoms with Crippen LogP contribution in [0, 0.1) is 0 Å². The van der Waals surface area contributed by atoms with Crippen LogP contribution in [-0.2, 0) is 0 Å². The number of rotatable bonds is 10. The highest BCUT2D eigenvalue weighted by molar-refractivity contribution is 6.19. The number of anilines is 3. The molecule has 75 heavy (non-hydrogen) atoms. The van der Waals surface area contributed by atoms with Gasteiger partial charge < -0.3 is 4.57 Å². The molecule has 0 bridgehead atoms. The van der Waals surface area contributed by atoms with Crippen molar-refractivity contribution in [2.45, 2.75) is 0 Å². The number of pyridine rings is 3. The first-order valence-electron chi connectivity index (χ1n) is 24.9. The van der Waals surface area contributed by atoms with Crippen molar-refractivity contribution in [2.24, 2.45) is 0 Å². The van der Waals surface area contributed by atoms with Crippen LogP contribution in [0.2, 0.25) is 0 Å². The van der Waals surface area contributed by atoms with Crippen LogP contribution in [0.1, 0.15) is 0 Å². The summed E-state index contributed by atoms with van der Waals surface area (Å²) in [6, 6.07) is 84.1. The van der Waals surface area contributed by atoms with Crippen LogP contribution in [0.25, 0.3) is 112 Å². The van der Waals surface area contributed by atoms with Crippen LogP contribution < -0.4 is 4.90 Å². The smallest absolute Gasteiger partial charge is 0.238 e. The molecule has 9 heteroatoms. The highest BCUT2D eigenvalue weighted by Crippen LogP contribution is 2.43. The Balaban J connectivity index is 0.995. The van der Waals surface area contributed by atoms with Crippen molar-refractivity contribution in [1.82, 2.24) is 39.0 Å². The third kappa shape index (κ3) is 7.83. The van der Waals surface area contributed by atoms with Crippen molar-refractivity contribution in [2.75, 3.05) is 4.90 Å². The summed E-state index contributed by atoms with van der Waals surface area (Å²) < 4.78 is 4.59. The fourth-order valence-corrected chi connectivity index (χ4v) is 10.4. The Kier molecular flexibility index (Phi) is 10.6. The van der Waals surface area contributed by atoms with E-state index < -0.39 is 0 Å². The van der Waals surface area contributed by atoms with E-state index in [0.29, 0.717) is 17.6 Å². The van der Waals surface area contributed by atoms with Crippen LogP contribution in [0.5, 0.6) is 0 Å². The number of fused-ring (bicyclic) bond motifs is 6. The van der Waals surface area contributed by atoms with E-state index in [2.05, 4.69) is 160 Å². The first kappa shape index (κ1) is 43.4. The van der Waals surface area contributed by atoms with Gasteiger partial charge in [0.25, 0.3) is 0 Å². The average Bonchev–Trinajstić information content (AvgIpc) is 4.03. The molecule has 6 aromatic heterocycles. The maximum Gasteiger partial charge on any atom is 0.238 e. The summed E-state index contributed by atoms with van der Waals surface area (Å²) in [6.07, 6.45) is 5.56. The molecule has 0 unspecified atom stereocenters. The Morgan fingerprint density at radius 2 is 0.813 bits per heavy atom. The molecule has 0 amide bonds. The van der Waals surface area contributed by atoms with Crippen LogP contribution >= 0.6 is 0 Å². The summed E-state index contributed by atoms with van der Waals surface area (Å²) in [6.45, 7) is 0. The van der Waals surface area contributed by atoms with Gasteiger partial charge in [0.05, 0.1) is 33.5 Å². The maximum atomic E-state index is 5.30. The first-order valence-corrected chi connectivity index (χ1v) is 24.9. The number of hydrogen-bond donors (Lipinski definition) is 0. The largest absolute Gasteiger partial charge is 0.309 e. The lowest BCUT2D eigenvalue weighted by atomic mass is 10.0. The second-order valence-electron chi connectivity index (χ2n) is 18.4. The van der Waals surface area contributed by atoms with Gasteiger partial charge in [-0.05, 0) is 114 Å². The van der Waals surface area contributed by atoms with Crippen molar-refractivity contribution < 1.29 is 0 Å². The molecule has 0 atom stereocenters. The number of nitrogens with zero attached hydrogens (tertiary/aromatic N) is 9. The predicted molar refractivity (Wildman–Crippen MR) is 304 cm³/mol. The summed E-state index contributed by atoms with van der Waals surface area (Å²) in [5.74, 6) is 2.48. The zero-order chi connectivity index (χ0) is 49.7. The summed E-state index contributed by atoms with van der Waals surface area (Å²) in [5.41, 5.74) is 14.8. The van der Waals surface area contributed by atoms with E-state index in [1.54, 1.807) is 0 Å². The summed E-state index contributed by atoms with van der Waals surface area (Å²) in [4.78, 5) is 32.4. The van der Waals surface area contributed by atoms with Crippen LogP contribution in [0.3, 0.4) is 0 Å². The van der Waals surface area contributed by atoms with E-state index in [9.17, 15) is 0 Å². The lowest BCUT2D eigenvalue weighted by Gasteiger charge is -2.25. The number of benzene rings is 8. The van der Waals surface area contributed by atoms with Crippen molar-refractivity contribution in [3.05, 3.63) is 261 Å². The molecule has 0 fully saturated rings. The van der Waals surface area contributed by atoms with Crippen molar-refractivity contribution in [3.8, 4) is 68.1 Å². The van der Waals surface area contributed by atoms with Gasteiger partial charge >= 0.3 is 0 Å². The van der Waals surface area contributed by atoms with Crippen molar-refractivity contribution in [1.29, 1.82) is 0 Å². The monoisotopic (exact) mass is 961 g/mol. The minimum Gasteiger partial charge on any atom is -0.309 e. The van der Waals surface area contributed by atoms with Gasteiger partial charge in [0.15, 0.2) is 11.6 Å². The molecule has 0 spiro atoms. The minimum atomic E-state index is 0.532. The van der Waals surface area contributed by atoms with Gasteiger partial charge in [0, 0.05) is 79.5 Å². The van der Waals surface area contributed by atoms with Gasteiger partial charge in [-0.25, -0.2) is 9.97 Å². The molecule has 0 aliphatic heterocycles. The fraction of sp³-hybridized carbons (Fsp3) is 0. The molecular weight excluding hydrogens is 919 g/mol. The van der Waals surface area contributed by atoms with E-state index in [0.717, 1.165) is 111 Å². The summed E-state index contributed by atoms with van der Waals surface area (Å²) in [5, 5.41) is 4.41. The van der Waals surface area contributed by atoms with Gasteiger partial charge in [-0.3, -0.25) is 19.4 Å². The molecule has 9 nitrogen and oxygen atoms in total. The van der Waals surface area contributed by atoms with Gasteiger partial charge in [0.1, 0.15) is 5.82 Å². The van der Waals surface area contributed by atoms with Crippen molar-refractivity contribution >= 4 is 60.8 Å². The molecule has 6 heterocycles. The zero-order valence-electron chi connectivity index (χ0n) is 40.4. The van der Waals surface area contributed by atoms with E-state index >= 15 is 0 Å². The highest BCUT2D eigenvalue weighted by atomic mass is 15.2. The molecule has 0 radical (unpaired) electrons. The van der Waals surface area contributed by atoms with E-state index in [1.807, 2.05) is 116 Å². The van der Waals surface area contributed by atoms with Crippen molar-refractivity contribution in [3.63, 3.8) is 0 Å². The second kappa shape index (κ2) is 18.3. The topological polar surface area (TPSA) is 90.4 Å². The molecule has 8 aromatic carbocycles. The Bertz CT molecular complexity index is 4260. The Morgan fingerprint density at radius 3 is 1.44 bits per heavy atom. The highest BCUT2D eigenvalue weighted by Gasteiger charge is 2.23. The van der Waals surface area contributed by atoms with E-state index in [-0.39, 0.29) is 0 Å². The Labute approximate surface area is 432 Å². The summed E-state index contributed by atoms with van der Waals surface area (Å²) >= 11 is 0. The standard InChI is InChI=1S/C66H43N9/c1-4-18-44(19-5-1)64-70-65(45-20-6-2-7-21-45)72-66(71-64)75-60-33-32-46(40-54(60)56-43-61-55(42-62(56)75)53-28-10-11-31-59(53)74(61)50-24-8-3-9-25-50)47-34-37-69-63(41-47)73(51-26-16-22-48(38-51)57-29-12-14-35-67-57)52-27-17-23-49(39-52)58-30-13-15-36-68-58/h1-43H. The minimum absolute atomic E-state index is 0.532. The molecule has 14 aromatic rings. The molecular formula is C66H43N9. The van der Waals surface area contributed by atoms with Gasteiger partial charge in [-0.2, -0.15) is 9.97 Å². The van der Waals surface area contributed by atoms with Crippen LogP contribution in [-0.4, -0.2) is 39.0 Å². The second-order valence-corrected chi connectivity index (χ2v) is 18.4. The quantitative estimate of drug-likeness (QED) is 0.135. The number of para-hydroxylation sites is 2. The number of hydrogen-bond acceptors (Lipinski definition) is 7. The number of aromatic nitrogens is 8. The third-order valence-corrected chi connectivity index (χ3v) is 13.9. The van der Waals surface area contributed by atoms with Gasteiger partial charge in [-0.1, -0.05) is 140 Å². The summed E-state index contributed by atoms with van der Waals surface area (Å²) in [7, 11) is 0. The van der Waals surface area contributed by atoms with E-state index in [1.165, 1.54) is 0 Å². The SMILES string of the molecule is c1ccc(-c2nc(-c3ccccc3)nc(-n3c4ccc(-c5ccnc(N(c6cccc(-c7ccccn7)c6)c6cccc(-c7ccccn7)c6)c5)cc4c4cc5c(cc43)c3ccccc3n5-c3ccccc3)n2)cc1. The molecule has 0 N–H and O–H groups in total. The lowest BCUT2D eigenvalue weighted by Crippen LogP contribution is -2.12. The van der Waals surface area contributed by atoms with E-state index in [4.69, 9.17) is 29.9 Å². The van der Waals surface area contributed by atoms with Gasteiger partial charge in [0.2, 0.25) is 5.95 Å². The van der Waals surface area contributed by atoms with Crippen LogP contribution in [0.4, 0.5) is 17.2 Å². The van der Waals surface area contributed by atoms with Crippen LogP contribution in [0.15, 0.2) is 261 Å². The normalized spacial score (nSPS) is 11.5.